The van der Waals surface area contributed by atoms with Gasteiger partial charge < -0.3 is 19.5 Å². The van der Waals surface area contributed by atoms with E-state index in [0.29, 0.717) is 33.0 Å². The first-order valence-corrected chi connectivity index (χ1v) is 7.32. The third kappa shape index (κ3) is 3.63. The van der Waals surface area contributed by atoms with Gasteiger partial charge in [-0.25, -0.2) is 0 Å². The zero-order valence-corrected chi connectivity index (χ0v) is 14.3. The highest BCUT2D eigenvalue weighted by Gasteiger charge is 2.20. The van der Waals surface area contributed by atoms with Gasteiger partial charge in [-0.2, -0.15) is 0 Å². The fraction of sp³-hybridized carbons (Fsp3) is 0.188. The molecule has 23 heavy (non-hydrogen) atoms. The van der Waals surface area contributed by atoms with E-state index in [1.807, 2.05) is 0 Å². The molecule has 5 nitrogen and oxygen atoms in total. The fourth-order valence-electron chi connectivity index (χ4n) is 2.05. The van der Waals surface area contributed by atoms with E-state index in [1.165, 1.54) is 33.5 Å². The fourth-order valence-corrected chi connectivity index (χ4v) is 2.37. The number of nitrogens with one attached hydrogen (secondary N) is 1. The third-order valence-electron chi connectivity index (χ3n) is 3.15. The molecule has 0 saturated heterocycles. The minimum absolute atomic E-state index is 0.269. The average molecular weight is 356 g/mol. The van der Waals surface area contributed by atoms with Crippen LogP contribution in [-0.2, 0) is 0 Å². The minimum atomic E-state index is -0.420. The molecule has 0 heterocycles. The first kappa shape index (κ1) is 17.2. The number of anilines is 1. The van der Waals surface area contributed by atoms with Crippen molar-refractivity contribution in [2.45, 2.75) is 0 Å². The van der Waals surface area contributed by atoms with Crippen molar-refractivity contribution >= 4 is 34.8 Å². The Bertz CT molecular complexity index is 712. The molecule has 0 spiro atoms. The van der Waals surface area contributed by atoms with Crippen molar-refractivity contribution in [1.29, 1.82) is 0 Å². The second kappa shape index (κ2) is 7.44. The molecule has 0 aliphatic carbocycles. The summed E-state index contributed by atoms with van der Waals surface area (Å²) >= 11 is 11.9. The van der Waals surface area contributed by atoms with Crippen LogP contribution in [-0.4, -0.2) is 27.2 Å². The molecule has 0 radical (unpaired) electrons. The lowest BCUT2D eigenvalue weighted by atomic mass is 10.1. The van der Waals surface area contributed by atoms with E-state index in [1.54, 1.807) is 18.2 Å². The van der Waals surface area contributed by atoms with Gasteiger partial charge in [0.05, 0.1) is 37.1 Å². The van der Waals surface area contributed by atoms with Gasteiger partial charge in [0, 0.05) is 6.07 Å². The number of benzene rings is 2. The zero-order valence-electron chi connectivity index (χ0n) is 12.8. The molecule has 0 fully saturated rings. The summed E-state index contributed by atoms with van der Waals surface area (Å²) in [5.41, 5.74) is 0.658. The SMILES string of the molecule is COc1cc(Cl)c(Cl)cc1NC(=O)c1c(OC)cccc1OC. The number of methoxy groups -OCH3 is 3. The Morgan fingerprint density at radius 1 is 0.913 bits per heavy atom. The molecular formula is C16H15Cl2NO4. The second-order valence-electron chi connectivity index (χ2n) is 4.46. The van der Waals surface area contributed by atoms with Crippen molar-refractivity contribution in [3.8, 4) is 17.2 Å². The van der Waals surface area contributed by atoms with Gasteiger partial charge in [0.1, 0.15) is 22.8 Å². The van der Waals surface area contributed by atoms with E-state index < -0.39 is 5.91 Å². The Morgan fingerprint density at radius 2 is 1.43 bits per heavy atom. The molecule has 0 bridgehead atoms. The highest BCUT2D eigenvalue weighted by Crippen LogP contribution is 2.35. The number of carbonyl (C=O) groups is 1. The van der Waals surface area contributed by atoms with Gasteiger partial charge >= 0.3 is 0 Å². The van der Waals surface area contributed by atoms with Crippen molar-refractivity contribution in [2.24, 2.45) is 0 Å². The zero-order chi connectivity index (χ0) is 17.0. The molecule has 0 aliphatic rings. The molecule has 0 aromatic heterocycles. The smallest absolute Gasteiger partial charge is 0.263 e. The van der Waals surface area contributed by atoms with Crippen LogP contribution in [0.4, 0.5) is 5.69 Å². The molecular weight excluding hydrogens is 341 g/mol. The van der Waals surface area contributed by atoms with Crippen LogP contribution >= 0.6 is 23.2 Å². The van der Waals surface area contributed by atoms with Crippen molar-refractivity contribution in [3.63, 3.8) is 0 Å². The van der Waals surface area contributed by atoms with Gasteiger partial charge in [-0.15, -0.1) is 0 Å². The van der Waals surface area contributed by atoms with Crippen LogP contribution in [0.1, 0.15) is 10.4 Å². The lowest BCUT2D eigenvalue weighted by Crippen LogP contribution is -2.15. The van der Waals surface area contributed by atoms with Crippen LogP contribution in [0.2, 0.25) is 10.0 Å². The van der Waals surface area contributed by atoms with E-state index in [9.17, 15) is 4.79 Å². The molecule has 0 unspecified atom stereocenters. The highest BCUT2D eigenvalue weighted by molar-refractivity contribution is 6.42. The summed E-state index contributed by atoms with van der Waals surface area (Å²) < 4.78 is 15.7. The molecule has 0 atom stereocenters. The molecule has 1 amide bonds. The van der Waals surface area contributed by atoms with Gasteiger partial charge in [0.25, 0.3) is 5.91 Å². The predicted octanol–water partition coefficient (Wildman–Crippen LogP) is 4.27. The number of hydrogen-bond acceptors (Lipinski definition) is 4. The van der Waals surface area contributed by atoms with Gasteiger partial charge in [0.2, 0.25) is 0 Å². The van der Waals surface area contributed by atoms with Gasteiger partial charge in [-0.1, -0.05) is 29.3 Å². The van der Waals surface area contributed by atoms with Crippen LogP contribution in [0, 0.1) is 0 Å². The molecule has 0 aliphatic heterocycles. The number of rotatable bonds is 5. The summed E-state index contributed by atoms with van der Waals surface area (Å²) in [4.78, 5) is 12.6. The normalized spacial score (nSPS) is 10.1. The number of hydrogen-bond donors (Lipinski definition) is 1. The van der Waals surface area contributed by atoms with Crippen LogP contribution in [0.15, 0.2) is 30.3 Å². The number of carbonyl (C=O) groups excluding carboxylic acids is 1. The lowest BCUT2D eigenvalue weighted by molar-refractivity contribution is 0.102. The Hall–Kier alpha value is -2.11. The predicted molar refractivity (Wildman–Crippen MR) is 90.5 cm³/mol. The van der Waals surface area contributed by atoms with Gasteiger partial charge in [-0.3, -0.25) is 4.79 Å². The maximum atomic E-state index is 12.6. The quantitative estimate of drug-likeness (QED) is 0.869. The molecule has 0 saturated carbocycles. The lowest BCUT2D eigenvalue weighted by Gasteiger charge is -2.15. The van der Waals surface area contributed by atoms with E-state index in [2.05, 4.69) is 5.32 Å². The monoisotopic (exact) mass is 355 g/mol. The maximum absolute atomic E-state index is 12.6. The van der Waals surface area contributed by atoms with Crippen LogP contribution in [0.3, 0.4) is 0 Å². The molecule has 1 N–H and O–H groups in total. The summed E-state index contributed by atoms with van der Waals surface area (Å²) in [6.45, 7) is 0. The number of ether oxygens (including phenoxy) is 3. The van der Waals surface area contributed by atoms with Crippen LogP contribution in [0.25, 0.3) is 0 Å². The Kier molecular flexibility index (Phi) is 5.58. The number of amides is 1. The van der Waals surface area contributed by atoms with Crippen molar-refractivity contribution < 1.29 is 19.0 Å². The van der Waals surface area contributed by atoms with E-state index >= 15 is 0 Å². The van der Waals surface area contributed by atoms with E-state index in [4.69, 9.17) is 37.4 Å². The Labute approximate surface area is 144 Å². The maximum Gasteiger partial charge on any atom is 0.263 e. The first-order valence-electron chi connectivity index (χ1n) is 6.57. The van der Waals surface area contributed by atoms with E-state index in [-0.39, 0.29) is 5.56 Å². The molecule has 2 aromatic rings. The van der Waals surface area contributed by atoms with Crippen LogP contribution in [0.5, 0.6) is 17.2 Å². The molecule has 2 rings (SSSR count). The summed E-state index contributed by atoms with van der Waals surface area (Å²) in [6, 6.07) is 8.11. The topological polar surface area (TPSA) is 56.8 Å². The summed E-state index contributed by atoms with van der Waals surface area (Å²) in [5.74, 6) is 0.749. The van der Waals surface area contributed by atoms with Gasteiger partial charge in [-0.05, 0) is 18.2 Å². The first-order chi connectivity index (χ1) is 11.0. The van der Waals surface area contributed by atoms with Crippen LogP contribution < -0.4 is 19.5 Å². The standard InChI is InChI=1S/C16H15Cl2NO4/c1-21-12-5-4-6-13(22-2)15(12)16(20)19-11-7-9(17)10(18)8-14(11)23-3/h4-8H,1-3H3,(H,19,20). The largest absolute Gasteiger partial charge is 0.496 e. The molecule has 122 valence electrons. The number of halogens is 2. The molecule has 7 heteroatoms. The van der Waals surface area contributed by atoms with Crippen molar-refractivity contribution in [2.75, 3.05) is 26.6 Å². The third-order valence-corrected chi connectivity index (χ3v) is 3.87. The Balaban J connectivity index is 2.42. The Morgan fingerprint density at radius 3 is 1.96 bits per heavy atom. The summed E-state index contributed by atoms with van der Waals surface area (Å²) in [6.07, 6.45) is 0. The van der Waals surface area contributed by atoms with Crippen molar-refractivity contribution in [3.05, 3.63) is 45.9 Å². The van der Waals surface area contributed by atoms with Gasteiger partial charge in [0.15, 0.2) is 0 Å². The average Bonchev–Trinajstić information content (AvgIpc) is 2.56. The van der Waals surface area contributed by atoms with Crippen molar-refractivity contribution in [1.82, 2.24) is 0 Å². The highest BCUT2D eigenvalue weighted by atomic mass is 35.5. The molecule has 2 aromatic carbocycles. The summed E-state index contributed by atoms with van der Waals surface area (Å²) in [5, 5.41) is 3.36. The summed E-state index contributed by atoms with van der Waals surface area (Å²) in [7, 11) is 4.43. The second-order valence-corrected chi connectivity index (χ2v) is 5.27. The minimum Gasteiger partial charge on any atom is -0.496 e. The van der Waals surface area contributed by atoms with E-state index in [0.717, 1.165) is 0 Å².